The Hall–Kier alpha value is -4.02. The summed E-state index contributed by atoms with van der Waals surface area (Å²) in [7, 11) is 1.80. The van der Waals surface area contributed by atoms with Crippen LogP contribution in [0.15, 0.2) is 41.1 Å². The van der Waals surface area contributed by atoms with Gasteiger partial charge in [0.1, 0.15) is 6.61 Å². The van der Waals surface area contributed by atoms with Crippen molar-refractivity contribution in [3.8, 4) is 23.3 Å². The molecule has 0 amide bonds. The lowest BCUT2D eigenvalue weighted by Gasteiger charge is -2.13. The van der Waals surface area contributed by atoms with Crippen molar-refractivity contribution in [1.82, 2.24) is 40.0 Å². The average molecular weight is 392 g/mol. The topological polar surface area (TPSA) is 118 Å². The number of allylic oxidation sites excluding steroid dienone is 4. The molecule has 0 fully saturated rings. The van der Waals surface area contributed by atoms with Crippen molar-refractivity contribution in [3.63, 3.8) is 0 Å². The quantitative estimate of drug-likeness (QED) is 0.464. The van der Waals surface area contributed by atoms with Crippen molar-refractivity contribution in [1.29, 1.82) is 0 Å². The second kappa shape index (κ2) is 6.86. The Balaban J connectivity index is 1.55. The highest BCUT2D eigenvalue weighted by Gasteiger charge is 2.20. The molecule has 5 rings (SSSR count). The fourth-order valence-corrected chi connectivity index (χ4v) is 2.82. The van der Waals surface area contributed by atoms with E-state index in [0.717, 1.165) is 16.8 Å². The average Bonchev–Trinajstić information content (AvgIpc) is 3.38. The monoisotopic (exact) mass is 392 g/mol. The number of hydrogen-bond acceptors (Lipinski definition) is 9. The third-order valence-electron chi connectivity index (χ3n) is 4.39. The Morgan fingerprint density at radius 2 is 2.07 bits per heavy atom. The fourth-order valence-electron chi connectivity index (χ4n) is 2.82. The molecular weight excluding hydrogens is 376 g/mol. The van der Waals surface area contributed by atoms with Gasteiger partial charge in [-0.05, 0) is 18.6 Å². The third-order valence-corrected chi connectivity index (χ3v) is 4.39. The Morgan fingerprint density at radius 3 is 2.79 bits per heavy atom. The van der Waals surface area contributed by atoms with E-state index in [-0.39, 0.29) is 6.61 Å². The summed E-state index contributed by atoms with van der Waals surface area (Å²) in [5.41, 5.74) is 3.67. The van der Waals surface area contributed by atoms with Crippen LogP contribution < -0.4 is 9.47 Å². The number of ether oxygens (including phenoxy) is 2. The maximum Gasteiger partial charge on any atom is 0.311 e. The highest BCUT2D eigenvalue weighted by atomic mass is 16.6. The Kier molecular flexibility index (Phi) is 4.04. The van der Waals surface area contributed by atoms with Crippen LogP contribution in [-0.4, -0.2) is 46.6 Å². The van der Waals surface area contributed by atoms with Gasteiger partial charge in [0.15, 0.2) is 11.3 Å². The molecule has 0 saturated heterocycles. The number of aryl methyl sites for hydroxylation is 1. The van der Waals surface area contributed by atoms with Crippen LogP contribution in [0.3, 0.4) is 0 Å². The highest BCUT2D eigenvalue weighted by molar-refractivity contribution is 5.84. The zero-order valence-electron chi connectivity index (χ0n) is 15.7. The number of rotatable bonds is 7. The first kappa shape index (κ1) is 17.1. The predicted molar refractivity (Wildman–Crippen MR) is 99.9 cm³/mol. The number of fused-ring (bicyclic) bond motifs is 1. The maximum atomic E-state index is 6.00. The third kappa shape index (κ3) is 3.02. The molecule has 1 aliphatic carbocycles. The SMILES string of the molecule is CCOc1cc(-c2nnc3cc(C4=CC=C4)c(OCc4cnnn4C)nn23)no1. The van der Waals surface area contributed by atoms with Crippen LogP contribution in [0, 0.1) is 0 Å². The van der Waals surface area contributed by atoms with Crippen molar-refractivity contribution < 1.29 is 14.0 Å². The molecule has 0 unspecified atom stereocenters. The predicted octanol–water partition coefficient (Wildman–Crippen LogP) is 1.84. The van der Waals surface area contributed by atoms with Gasteiger partial charge in [-0.2, -0.15) is 4.52 Å². The van der Waals surface area contributed by atoms with E-state index in [1.54, 1.807) is 28.5 Å². The summed E-state index contributed by atoms with van der Waals surface area (Å²) >= 11 is 0. The molecule has 4 aromatic heterocycles. The van der Waals surface area contributed by atoms with Gasteiger partial charge in [0.2, 0.25) is 11.7 Å². The van der Waals surface area contributed by atoms with Crippen LogP contribution in [0.4, 0.5) is 0 Å². The summed E-state index contributed by atoms with van der Waals surface area (Å²) in [5.74, 6) is 1.16. The molecule has 0 atom stereocenters. The fraction of sp³-hybridized carbons (Fsp3) is 0.222. The minimum Gasteiger partial charge on any atom is -0.470 e. The molecule has 0 aliphatic heterocycles. The summed E-state index contributed by atoms with van der Waals surface area (Å²) in [6.07, 6.45) is 7.56. The molecular formula is C18H16N8O3. The largest absolute Gasteiger partial charge is 0.470 e. The van der Waals surface area contributed by atoms with E-state index in [0.29, 0.717) is 35.6 Å². The molecule has 0 aromatic carbocycles. The first-order valence-electron chi connectivity index (χ1n) is 8.94. The molecule has 11 heteroatoms. The van der Waals surface area contributed by atoms with Crippen molar-refractivity contribution in [2.45, 2.75) is 13.5 Å². The lowest BCUT2D eigenvalue weighted by Crippen LogP contribution is -2.08. The number of nitrogens with zero attached hydrogens (tertiary/aromatic N) is 8. The van der Waals surface area contributed by atoms with Gasteiger partial charge in [0.25, 0.3) is 0 Å². The van der Waals surface area contributed by atoms with Gasteiger partial charge < -0.3 is 14.0 Å². The van der Waals surface area contributed by atoms with Gasteiger partial charge >= 0.3 is 5.95 Å². The van der Waals surface area contributed by atoms with E-state index in [1.807, 2.05) is 31.2 Å². The lowest BCUT2D eigenvalue weighted by molar-refractivity contribution is 0.226. The van der Waals surface area contributed by atoms with Gasteiger partial charge in [0.05, 0.1) is 24.6 Å². The van der Waals surface area contributed by atoms with E-state index < -0.39 is 0 Å². The second-order valence-corrected chi connectivity index (χ2v) is 6.24. The van der Waals surface area contributed by atoms with Gasteiger partial charge in [-0.1, -0.05) is 28.6 Å². The molecule has 11 nitrogen and oxygen atoms in total. The molecule has 0 bridgehead atoms. The second-order valence-electron chi connectivity index (χ2n) is 6.24. The van der Waals surface area contributed by atoms with Gasteiger partial charge in [-0.3, -0.25) is 0 Å². The van der Waals surface area contributed by atoms with Gasteiger partial charge in [-0.15, -0.1) is 20.4 Å². The van der Waals surface area contributed by atoms with Crippen LogP contribution in [0.1, 0.15) is 18.2 Å². The minimum absolute atomic E-state index is 0.266. The molecule has 1 aliphatic rings. The first-order valence-corrected chi connectivity index (χ1v) is 8.94. The molecule has 146 valence electrons. The van der Waals surface area contributed by atoms with Crippen LogP contribution in [0.5, 0.6) is 11.8 Å². The number of aromatic nitrogens is 8. The van der Waals surface area contributed by atoms with Crippen LogP contribution in [0.2, 0.25) is 0 Å². The number of hydrogen-bond donors (Lipinski definition) is 0. The molecule has 4 heterocycles. The lowest BCUT2D eigenvalue weighted by atomic mass is 10.0. The smallest absolute Gasteiger partial charge is 0.311 e. The van der Waals surface area contributed by atoms with Crippen LogP contribution in [-0.2, 0) is 13.7 Å². The Labute approximate surface area is 164 Å². The van der Waals surface area contributed by atoms with Crippen molar-refractivity contribution >= 4 is 11.2 Å². The minimum atomic E-state index is 0.266. The van der Waals surface area contributed by atoms with Crippen molar-refractivity contribution in [3.05, 3.63) is 47.8 Å². The summed E-state index contributed by atoms with van der Waals surface area (Å²) in [4.78, 5) is 0. The molecule has 29 heavy (non-hydrogen) atoms. The normalized spacial score (nSPS) is 12.8. The zero-order chi connectivity index (χ0) is 19.8. The Morgan fingerprint density at radius 1 is 1.17 bits per heavy atom. The summed E-state index contributed by atoms with van der Waals surface area (Å²) in [6.45, 7) is 2.60. The Bertz CT molecular complexity index is 1250. The van der Waals surface area contributed by atoms with E-state index in [1.165, 1.54) is 0 Å². The van der Waals surface area contributed by atoms with Gasteiger partial charge in [0, 0.05) is 12.6 Å². The van der Waals surface area contributed by atoms with Crippen molar-refractivity contribution in [2.24, 2.45) is 7.05 Å². The van der Waals surface area contributed by atoms with E-state index in [2.05, 4.69) is 30.8 Å². The molecule has 0 N–H and O–H groups in total. The van der Waals surface area contributed by atoms with Crippen molar-refractivity contribution in [2.75, 3.05) is 6.61 Å². The van der Waals surface area contributed by atoms with Crippen LogP contribution in [0.25, 0.3) is 22.7 Å². The molecule has 0 saturated carbocycles. The summed E-state index contributed by atoms with van der Waals surface area (Å²) in [6, 6.07) is 3.52. The molecule has 0 radical (unpaired) electrons. The van der Waals surface area contributed by atoms with E-state index in [4.69, 9.17) is 14.0 Å². The summed E-state index contributed by atoms with van der Waals surface area (Å²) in [5, 5.41) is 24.8. The van der Waals surface area contributed by atoms with Crippen LogP contribution >= 0.6 is 0 Å². The zero-order valence-corrected chi connectivity index (χ0v) is 15.7. The first-order chi connectivity index (χ1) is 14.2. The van der Waals surface area contributed by atoms with E-state index >= 15 is 0 Å². The highest BCUT2D eigenvalue weighted by Crippen LogP contribution is 2.31. The molecule has 4 aromatic rings. The molecule has 0 spiro atoms. The summed E-state index contributed by atoms with van der Waals surface area (Å²) < 4.78 is 19.7. The van der Waals surface area contributed by atoms with E-state index in [9.17, 15) is 0 Å². The standard InChI is InChI=1S/C18H16N8O3/c1-3-27-16-8-14(23-29-16)17-21-20-15-7-13(11-5-4-6-11)18(22-26(15)17)28-10-12-9-19-24-25(12)2/h4-9H,3,10H2,1-2H3. The maximum absolute atomic E-state index is 6.00. The van der Waals surface area contributed by atoms with Gasteiger partial charge in [-0.25, -0.2) is 4.68 Å².